The van der Waals surface area contributed by atoms with Crippen LogP contribution >= 0.6 is 11.8 Å². The number of thioether (sulfide) groups is 1. The molecule has 0 bridgehead atoms. The van der Waals surface area contributed by atoms with Crippen molar-refractivity contribution in [3.05, 3.63) is 99.6 Å². The second-order valence-electron chi connectivity index (χ2n) is 7.95. The molecular weight excluding hydrogens is 437 g/mol. The van der Waals surface area contributed by atoms with Crippen LogP contribution in [0.1, 0.15) is 23.6 Å². The van der Waals surface area contributed by atoms with Gasteiger partial charge in [-0.05, 0) is 67.8 Å². The van der Waals surface area contributed by atoms with Crippen molar-refractivity contribution in [2.24, 2.45) is 0 Å². The molecule has 0 spiro atoms. The lowest BCUT2D eigenvalue weighted by Crippen LogP contribution is -2.31. The maximum Gasteiger partial charge on any atom is 0.266 e. The third kappa shape index (κ3) is 4.98. The highest BCUT2D eigenvalue weighted by Crippen LogP contribution is 2.27. The van der Waals surface area contributed by atoms with Gasteiger partial charge in [-0.25, -0.2) is 9.37 Å². The van der Waals surface area contributed by atoms with E-state index in [9.17, 15) is 14.0 Å². The molecule has 0 aliphatic carbocycles. The summed E-state index contributed by atoms with van der Waals surface area (Å²) in [7, 11) is 0. The van der Waals surface area contributed by atoms with Gasteiger partial charge in [0.05, 0.1) is 21.8 Å². The fourth-order valence-corrected chi connectivity index (χ4v) is 4.46. The van der Waals surface area contributed by atoms with E-state index in [1.807, 2.05) is 44.2 Å². The van der Waals surface area contributed by atoms with E-state index >= 15 is 0 Å². The lowest BCUT2D eigenvalue weighted by molar-refractivity contribution is -0.120. The molecule has 1 amide bonds. The Labute approximate surface area is 195 Å². The third-order valence-corrected chi connectivity index (χ3v) is 6.43. The van der Waals surface area contributed by atoms with Crippen LogP contribution < -0.4 is 10.9 Å². The molecule has 1 atom stereocenters. The van der Waals surface area contributed by atoms with Crippen LogP contribution in [0.4, 0.5) is 4.39 Å². The van der Waals surface area contributed by atoms with E-state index in [2.05, 4.69) is 5.32 Å². The van der Waals surface area contributed by atoms with Gasteiger partial charge in [0.2, 0.25) is 5.91 Å². The number of aryl methyl sites for hydroxylation is 2. The fourth-order valence-electron chi connectivity index (χ4n) is 3.51. The van der Waals surface area contributed by atoms with Gasteiger partial charge < -0.3 is 5.32 Å². The van der Waals surface area contributed by atoms with Gasteiger partial charge >= 0.3 is 0 Å². The van der Waals surface area contributed by atoms with E-state index < -0.39 is 5.25 Å². The van der Waals surface area contributed by atoms with Gasteiger partial charge in [0, 0.05) is 6.54 Å². The highest BCUT2D eigenvalue weighted by atomic mass is 32.2. The molecule has 1 heterocycles. The highest BCUT2D eigenvalue weighted by Gasteiger charge is 2.21. The number of aromatic nitrogens is 2. The van der Waals surface area contributed by atoms with Crippen LogP contribution in [-0.4, -0.2) is 20.7 Å². The quantitative estimate of drug-likeness (QED) is 0.326. The first-order chi connectivity index (χ1) is 15.8. The van der Waals surface area contributed by atoms with E-state index in [0.717, 1.165) is 22.4 Å². The van der Waals surface area contributed by atoms with E-state index in [0.29, 0.717) is 22.6 Å². The minimum Gasteiger partial charge on any atom is -0.351 e. The molecule has 4 aromatic rings. The molecule has 0 radical (unpaired) electrons. The summed E-state index contributed by atoms with van der Waals surface area (Å²) in [6.07, 6.45) is 0. The summed E-state index contributed by atoms with van der Waals surface area (Å²) in [5, 5.41) is 3.35. The zero-order valence-electron chi connectivity index (χ0n) is 18.6. The Bertz CT molecular complexity index is 1380. The Hall–Kier alpha value is -3.45. The summed E-state index contributed by atoms with van der Waals surface area (Å²) in [6, 6.07) is 19.1. The molecule has 0 aliphatic heterocycles. The maximum absolute atomic E-state index is 13.5. The minimum atomic E-state index is -0.505. The number of fused-ring (bicyclic) bond motifs is 1. The molecule has 3 aromatic carbocycles. The third-order valence-electron chi connectivity index (χ3n) is 5.38. The van der Waals surface area contributed by atoms with Gasteiger partial charge in [-0.1, -0.05) is 48.2 Å². The summed E-state index contributed by atoms with van der Waals surface area (Å²) in [5.41, 5.74) is 3.94. The molecule has 7 heteroatoms. The Morgan fingerprint density at radius 2 is 1.82 bits per heavy atom. The number of benzene rings is 3. The Balaban J connectivity index is 1.67. The van der Waals surface area contributed by atoms with Crippen molar-refractivity contribution in [2.75, 3.05) is 0 Å². The largest absolute Gasteiger partial charge is 0.351 e. The van der Waals surface area contributed by atoms with Gasteiger partial charge in [0.25, 0.3) is 5.56 Å². The smallest absolute Gasteiger partial charge is 0.266 e. The lowest BCUT2D eigenvalue weighted by Gasteiger charge is -2.18. The van der Waals surface area contributed by atoms with Crippen LogP contribution in [0.2, 0.25) is 0 Å². The van der Waals surface area contributed by atoms with E-state index in [4.69, 9.17) is 4.98 Å². The monoisotopic (exact) mass is 461 g/mol. The molecule has 5 nitrogen and oxygen atoms in total. The molecule has 33 heavy (non-hydrogen) atoms. The van der Waals surface area contributed by atoms with E-state index in [-0.39, 0.29) is 17.3 Å². The lowest BCUT2D eigenvalue weighted by atomic mass is 10.1. The van der Waals surface area contributed by atoms with Crippen LogP contribution in [0, 0.1) is 19.7 Å². The predicted octanol–water partition coefficient (Wildman–Crippen LogP) is 4.94. The zero-order valence-corrected chi connectivity index (χ0v) is 19.4. The molecule has 1 N–H and O–H groups in total. The molecule has 1 aromatic heterocycles. The second-order valence-corrected chi connectivity index (χ2v) is 9.25. The number of halogens is 1. The van der Waals surface area contributed by atoms with Crippen molar-refractivity contribution in [3.63, 3.8) is 0 Å². The summed E-state index contributed by atoms with van der Waals surface area (Å²) in [4.78, 5) is 31.0. The molecule has 168 valence electrons. The summed E-state index contributed by atoms with van der Waals surface area (Å²) in [6.45, 7) is 5.99. The highest BCUT2D eigenvalue weighted by molar-refractivity contribution is 8.00. The average Bonchev–Trinajstić information content (AvgIpc) is 2.80. The molecule has 0 aliphatic rings. The first kappa shape index (κ1) is 22.7. The SMILES string of the molecule is Cc1ccc(C)c(-n2c(SC(C)C(=O)NCc3ccc(F)cc3)nc3ccccc3c2=O)c1. The van der Waals surface area contributed by atoms with Crippen LogP contribution in [0.3, 0.4) is 0 Å². The minimum absolute atomic E-state index is 0.171. The van der Waals surface area contributed by atoms with E-state index in [1.165, 1.54) is 23.9 Å². The predicted molar refractivity (Wildman–Crippen MR) is 130 cm³/mol. The number of carbonyl (C=O) groups excluding carboxylic acids is 1. The number of amides is 1. The number of nitrogens with one attached hydrogen (secondary N) is 1. The first-order valence-electron chi connectivity index (χ1n) is 10.6. The van der Waals surface area contributed by atoms with Crippen molar-refractivity contribution in [3.8, 4) is 5.69 Å². The number of carbonyl (C=O) groups is 1. The van der Waals surface area contributed by atoms with Crippen molar-refractivity contribution in [1.82, 2.24) is 14.9 Å². The van der Waals surface area contributed by atoms with Gasteiger partial charge in [-0.2, -0.15) is 0 Å². The molecule has 1 unspecified atom stereocenters. The zero-order chi connectivity index (χ0) is 23.5. The van der Waals surface area contributed by atoms with Gasteiger partial charge in [0.1, 0.15) is 5.82 Å². The Morgan fingerprint density at radius 3 is 2.58 bits per heavy atom. The van der Waals surface area contributed by atoms with Crippen molar-refractivity contribution in [1.29, 1.82) is 0 Å². The van der Waals surface area contributed by atoms with Crippen LogP contribution in [-0.2, 0) is 11.3 Å². The van der Waals surface area contributed by atoms with Crippen LogP contribution in [0.25, 0.3) is 16.6 Å². The summed E-state index contributed by atoms with van der Waals surface area (Å²) in [5.74, 6) is -0.514. The van der Waals surface area contributed by atoms with E-state index in [1.54, 1.807) is 35.8 Å². The second kappa shape index (κ2) is 9.58. The van der Waals surface area contributed by atoms with Gasteiger partial charge in [-0.3, -0.25) is 14.2 Å². The number of rotatable bonds is 6. The number of hydrogen-bond acceptors (Lipinski definition) is 4. The number of hydrogen-bond donors (Lipinski definition) is 1. The Morgan fingerprint density at radius 1 is 1.09 bits per heavy atom. The fraction of sp³-hybridized carbons (Fsp3) is 0.192. The normalized spacial score (nSPS) is 12.0. The average molecular weight is 462 g/mol. The number of para-hydroxylation sites is 1. The molecule has 0 saturated heterocycles. The molecule has 0 fully saturated rings. The van der Waals surface area contributed by atoms with Crippen molar-refractivity contribution >= 4 is 28.6 Å². The topological polar surface area (TPSA) is 64.0 Å². The number of nitrogens with zero attached hydrogens (tertiary/aromatic N) is 2. The Kier molecular flexibility index (Phi) is 6.60. The van der Waals surface area contributed by atoms with Crippen LogP contribution in [0.5, 0.6) is 0 Å². The van der Waals surface area contributed by atoms with Crippen molar-refractivity contribution in [2.45, 2.75) is 37.7 Å². The standard InChI is InChI=1S/C26H24FN3O2S/c1-16-8-9-17(2)23(14-16)30-25(32)21-6-4-5-7-22(21)29-26(30)33-18(3)24(31)28-15-19-10-12-20(27)13-11-19/h4-14,18H,15H2,1-3H3,(H,28,31). The first-order valence-corrected chi connectivity index (χ1v) is 11.5. The maximum atomic E-state index is 13.5. The molecule has 4 rings (SSSR count). The van der Waals surface area contributed by atoms with Crippen molar-refractivity contribution < 1.29 is 9.18 Å². The summed E-state index contributed by atoms with van der Waals surface area (Å²) < 4.78 is 14.7. The van der Waals surface area contributed by atoms with Gasteiger partial charge in [-0.15, -0.1) is 0 Å². The molecule has 0 saturated carbocycles. The van der Waals surface area contributed by atoms with Crippen LogP contribution in [0.15, 0.2) is 76.7 Å². The summed E-state index contributed by atoms with van der Waals surface area (Å²) >= 11 is 1.23. The molecular formula is C26H24FN3O2S. The van der Waals surface area contributed by atoms with Gasteiger partial charge in [0.15, 0.2) is 5.16 Å².